The molecule has 0 atom stereocenters. The van der Waals surface area contributed by atoms with Crippen LogP contribution in [0.5, 0.6) is 11.5 Å². The molecular formula is C21H21N5O4S. The smallest absolute Gasteiger partial charge is 0.222 e. The molecule has 1 saturated heterocycles. The second-order valence-corrected chi connectivity index (χ2v) is 9.13. The quantitative estimate of drug-likeness (QED) is 0.598. The summed E-state index contributed by atoms with van der Waals surface area (Å²) in [6.07, 6.45) is 8.65. The predicted molar refractivity (Wildman–Crippen MR) is 114 cm³/mol. The van der Waals surface area contributed by atoms with Gasteiger partial charge in [-0.2, -0.15) is 0 Å². The van der Waals surface area contributed by atoms with Crippen LogP contribution < -0.4 is 10.1 Å². The normalized spacial score (nSPS) is 14.0. The van der Waals surface area contributed by atoms with Crippen LogP contribution in [-0.2, 0) is 21.2 Å². The molecule has 0 saturated carbocycles. The minimum Gasteiger partial charge on any atom is -0.455 e. The van der Waals surface area contributed by atoms with E-state index in [0.29, 0.717) is 36.8 Å². The van der Waals surface area contributed by atoms with Gasteiger partial charge in [0.05, 0.1) is 12.4 Å². The van der Waals surface area contributed by atoms with Crippen LogP contribution in [0.3, 0.4) is 0 Å². The number of nitrogens with zero attached hydrogens (tertiary/aromatic N) is 4. The van der Waals surface area contributed by atoms with E-state index in [1.54, 1.807) is 35.6 Å². The molecule has 0 spiro atoms. The molecule has 0 bridgehead atoms. The number of benzene rings is 1. The molecule has 1 amide bonds. The summed E-state index contributed by atoms with van der Waals surface area (Å²) in [7, 11) is -3.39. The van der Waals surface area contributed by atoms with Gasteiger partial charge in [0.1, 0.15) is 17.3 Å². The standard InChI is InChI=1S/C21H21N5O4S/c1-31(28,29)20-7-5-17(12-24-20)30-18-6-4-16(25-19-13-22-8-9-23-19)11-15(18)14-26-10-2-3-21(26)27/h4-9,11-13H,2-3,10,14H2,1H3,(H,23,25). The van der Waals surface area contributed by atoms with E-state index < -0.39 is 9.84 Å². The number of amides is 1. The predicted octanol–water partition coefficient (Wildman–Crippen LogP) is 2.93. The van der Waals surface area contributed by atoms with Crippen molar-refractivity contribution in [3.8, 4) is 11.5 Å². The van der Waals surface area contributed by atoms with Crippen molar-refractivity contribution < 1.29 is 17.9 Å². The third-order valence-electron chi connectivity index (χ3n) is 4.75. The van der Waals surface area contributed by atoms with Crippen molar-refractivity contribution in [2.75, 3.05) is 18.1 Å². The topological polar surface area (TPSA) is 114 Å². The van der Waals surface area contributed by atoms with E-state index in [-0.39, 0.29) is 10.9 Å². The fourth-order valence-corrected chi connectivity index (χ4v) is 3.80. The Morgan fingerprint density at radius 1 is 1.13 bits per heavy atom. The fourth-order valence-electron chi connectivity index (χ4n) is 3.24. The summed E-state index contributed by atoms with van der Waals surface area (Å²) in [5, 5.41) is 3.16. The van der Waals surface area contributed by atoms with Crippen molar-refractivity contribution in [3.05, 3.63) is 60.7 Å². The molecule has 0 aliphatic carbocycles. The van der Waals surface area contributed by atoms with Gasteiger partial charge in [-0.1, -0.05) is 0 Å². The van der Waals surface area contributed by atoms with Crippen LogP contribution in [0.4, 0.5) is 11.5 Å². The zero-order valence-corrected chi connectivity index (χ0v) is 17.7. The van der Waals surface area contributed by atoms with Gasteiger partial charge in [0.15, 0.2) is 14.9 Å². The van der Waals surface area contributed by atoms with Gasteiger partial charge in [0.2, 0.25) is 5.91 Å². The molecule has 3 heterocycles. The number of sulfone groups is 1. The molecule has 1 N–H and O–H groups in total. The lowest BCUT2D eigenvalue weighted by molar-refractivity contribution is -0.128. The number of ether oxygens (including phenoxy) is 1. The number of anilines is 2. The van der Waals surface area contributed by atoms with Crippen LogP contribution >= 0.6 is 0 Å². The van der Waals surface area contributed by atoms with Gasteiger partial charge in [-0.15, -0.1) is 0 Å². The lowest BCUT2D eigenvalue weighted by atomic mass is 10.1. The Kier molecular flexibility index (Phi) is 5.81. The first-order chi connectivity index (χ1) is 14.9. The summed E-state index contributed by atoms with van der Waals surface area (Å²) in [6, 6.07) is 8.48. The molecule has 31 heavy (non-hydrogen) atoms. The van der Waals surface area contributed by atoms with Crippen LogP contribution in [0.1, 0.15) is 18.4 Å². The first-order valence-corrected chi connectivity index (χ1v) is 11.6. The van der Waals surface area contributed by atoms with E-state index in [2.05, 4.69) is 20.3 Å². The molecule has 10 heteroatoms. The molecule has 0 radical (unpaired) electrons. The van der Waals surface area contributed by atoms with Gasteiger partial charge >= 0.3 is 0 Å². The third kappa shape index (κ3) is 5.15. The van der Waals surface area contributed by atoms with E-state index >= 15 is 0 Å². The minimum atomic E-state index is -3.39. The fraction of sp³-hybridized carbons (Fsp3) is 0.238. The van der Waals surface area contributed by atoms with Gasteiger partial charge in [0.25, 0.3) is 0 Å². The van der Waals surface area contributed by atoms with Crippen molar-refractivity contribution in [2.24, 2.45) is 0 Å². The molecule has 0 unspecified atom stereocenters. The number of carbonyl (C=O) groups excluding carboxylic acids is 1. The number of rotatable bonds is 7. The average molecular weight is 439 g/mol. The second kappa shape index (κ2) is 8.68. The SMILES string of the molecule is CS(=O)(=O)c1ccc(Oc2ccc(Nc3cnccn3)cc2CN2CCCC2=O)cn1. The lowest BCUT2D eigenvalue weighted by Gasteiger charge is -2.19. The number of nitrogens with one attached hydrogen (secondary N) is 1. The van der Waals surface area contributed by atoms with Gasteiger partial charge in [0, 0.05) is 49.4 Å². The summed E-state index contributed by atoms with van der Waals surface area (Å²) in [6.45, 7) is 1.10. The number of hydrogen-bond donors (Lipinski definition) is 1. The summed E-state index contributed by atoms with van der Waals surface area (Å²) in [5.74, 6) is 1.66. The number of carbonyl (C=O) groups is 1. The number of hydrogen-bond acceptors (Lipinski definition) is 8. The lowest BCUT2D eigenvalue weighted by Crippen LogP contribution is -2.24. The molecule has 1 aliphatic rings. The average Bonchev–Trinajstić information content (AvgIpc) is 3.15. The van der Waals surface area contributed by atoms with E-state index in [9.17, 15) is 13.2 Å². The van der Waals surface area contributed by atoms with Gasteiger partial charge < -0.3 is 15.0 Å². The number of likely N-dealkylation sites (tertiary alicyclic amines) is 1. The van der Waals surface area contributed by atoms with Crippen LogP contribution in [0.25, 0.3) is 0 Å². The number of aromatic nitrogens is 3. The van der Waals surface area contributed by atoms with Gasteiger partial charge in [-0.3, -0.25) is 9.78 Å². The summed E-state index contributed by atoms with van der Waals surface area (Å²) < 4.78 is 29.2. The maximum absolute atomic E-state index is 12.1. The largest absolute Gasteiger partial charge is 0.455 e. The Hall–Kier alpha value is -3.53. The Labute approximate surface area is 180 Å². The van der Waals surface area contributed by atoms with Crippen LogP contribution in [-0.4, -0.2) is 47.0 Å². The van der Waals surface area contributed by atoms with Crippen molar-refractivity contribution >= 4 is 27.2 Å². The first kappa shape index (κ1) is 20.7. The first-order valence-electron chi connectivity index (χ1n) is 9.66. The van der Waals surface area contributed by atoms with Gasteiger partial charge in [-0.05, 0) is 36.8 Å². The Balaban J connectivity index is 1.61. The Bertz CT molecular complexity index is 1180. The third-order valence-corrected chi connectivity index (χ3v) is 5.75. The summed E-state index contributed by atoms with van der Waals surface area (Å²) in [4.78, 5) is 26.1. The van der Waals surface area contributed by atoms with Crippen LogP contribution in [0.15, 0.2) is 60.1 Å². The van der Waals surface area contributed by atoms with E-state index in [4.69, 9.17) is 4.74 Å². The summed E-state index contributed by atoms with van der Waals surface area (Å²) >= 11 is 0. The number of pyridine rings is 1. The molecule has 2 aromatic heterocycles. The van der Waals surface area contributed by atoms with E-state index in [0.717, 1.165) is 23.9 Å². The van der Waals surface area contributed by atoms with E-state index in [1.165, 1.54) is 12.3 Å². The highest BCUT2D eigenvalue weighted by Crippen LogP contribution is 2.31. The van der Waals surface area contributed by atoms with Crippen molar-refractivity contribution in [1.29, 1.82) is 0 Å². The highest BCUT2D eigenvalue weighted by atomic mass is 32.2. The van der Waals surface area contributed by atoms with Gasteiger partial charge in [-0.25, -0.2) is 18.4 Å². The van der Waals surface area contributed by atoms with E-state index in [1.807, 2.05) is 12.1 Å². The molecular weight excluding hydrogens is 418 g/mol. The molecule has 4 rings (SSSR count). The molecule has 9 nitrogen and oxygen atoms in total. The minimum absolute atomic E-state index is 0.0220. The molecule has 1 fully saturated rings. The van der Waals surface area contributed by atoms with Crippen LogP contribution in [0.2, 0.25) is 0 Å². The summed E-state index contributed by atoms with van der Waals surface area (Å²) in [5.41, 5.74) is 1.58. The van der Waals surface area contributed by atoms with Crippen molar-refractivity contribution in [3.63, 3.8) is 0 Å². The maximum Gasteiger partial charge on any atom is 0.222 e. The zero-order valence-electron chi connectivity index (χ0n) is 16.9. The molecule has 160 valence electrons. The molecule has 1 aromatic carbocycles. The molecule has 3 aromatic rings. The highest BCUT2D eigenvalue weighted by Gasteiger charge is 2.22. The Morgan fingerprint density at radius 3 is 2.65 bits per heavy atom. The van der Waals surface area contributed by atoms with Crippen molar-refractivity contribution in [2.45, 2.75) is 24.4 Å². The second-order valence-electron chi connectivity index (χ2n) is 7.16. The Morgan fingerprint density at radius 2 is 2.00 bits per heavy atom. The monoisotopic (exact) mass is 439 g/mol. The van der Waals surface area contributed by atoms with Crippen molar-refractivity contribution in [1.82, 2.24) is 19.9 Å². The van der Waals surface area contributed by atoms with Crippen LogP contribution in [0, 0.1) is 0 Å². The zero-order chi connectivity index (χ0) is 21.8. The maximum atomic E-state index is 12.1. The molecule has 1 aliphatic heterocycles. The highest BCUT2D eigenvalue weighted by molar-refractivity contribution is 7.90.